The molecule has 0 spiro atoms. The van der Waals surface area contributed by atoms with Crippen LogP contribution in [0.25, 0.3) is 27.4 Å². The Morgan fingerprint density at radius 2 is 1.81 bits per heavy atom. The van der Waals surface area contributed by atoms with Crippen LogP contribution in [0, 0.1) is 0 Å². The van der Waals surface area contributed by atoms with Gasteiger partial charge in [0.1, 0.15) is 10.7 Å². The highest BCUT2D eigenvalue weighted by Gasteiger charge is 2.28. The molecule has 2 aliphatic rings. The number of fused-ring (bicyclic) bond motifs is 2. The molecule has 1 aromatic heterocycles. The van der Waals surface area contributed by atoms with Crippen molar-refractivity contribution in [3.8, 4) is 11.1 Å². The number of halogens is 1. The van der Waals surface area contributed by atoms with E-state index in [1.54, 1.807) is 23.1 Å². The number of anilines is 3. The summed E-state index contributed by atoms with van der Waals surface area (Å²) >= 11 is 9.81. The topological polar surface area (TPSA) is 134 Å². The minimum absolute atomic E-state index is 0.109. The maximum absolute atomic E-state index is 13.1. The third-order valence-corrected chi connectivity index (χ3v) is 13.6. The smallest absolute Gasteiger partial charge is 0.326 e. The van der Waals surface area contributed by atoms with E-state index in [0.29, 0.717) is 49.6 Å². The third kappa shape index (κ3) is 10.6. The van der Waals surface area contributed by atoms with Crippen LogP contribution in [0.15, 0.2) is 125 Å². The number of carboxylic acid groups (broad SMARTS) is 1. The van der Waals surface area contributed by atoms with E-state index in [4.69, 9.17) is 11.6 Å². The number of aliphatic carboxylic acids is 1. The zero-order valence-corrected chi connectivity index (χ0v) is 35.8. The van der Waals surface area contributed by atoms with Crippen LogP contribution in [0.2, 0.25) is 5.02 Å². The highest BCUT2D eigenvalue weighted by molar-refractivity contribution is 8.03. The van der Waals surface area contributed by atoms with Crippen LogP contribution in [-0.2, 0) is 26.3 Å². The van der Waals surface area contributed by atoms with Crippen molar-refractivity contribution in [3.63, 3.8) is 0 Å². The lowest BCUT2D eigenvalue weighted by atomic mass is 10.1. The Hall–Kier alpha value is -4.92. The normalized spacial score (nSPS) is 16.2. The molecule has 0 radical (unpaired) electrons. The predicted octanol–water partition coefficient (Wildman–Crippen LogP) is 9.72. The Bertz CT molecular complexity index is 2560. The molecule has 4 aromatic carbocycles. The Balaban J connectivity index is 1.08. The molecular weight excluding hydrogens is 824 g/mol. The molecule has 0 saturated heterocycles. The van der Waals surface area contributed by atoms with E-state index in [2.05, 4.69) is 64.2 Å². The summed E-state index contributed by atoms with van der Waals surface area (Å²) in [4.78, 5) is 30.1. The summed E-state index contributed by atoms with van der Waals surface area (Å²) in [5.41, 5.74) is 6.58. The van der Waals surface area contributed by atoms with Crippen molar-refractivity contribution in [2.45, 2.75) is 62.9 Å². The van der Waals surface area contributed by atoms with E-state index in [9.17, 15) is 27.7 Å². The molecule has 1 atom stereocenters. The molecule has 306 valence electrons. The Morgan fingerprint density at radius 1 is 0.983 bits per heavy atom. The van der Waals surface area contributed by atoms with Gasteiger partial charge in [-0.25, -0.2) is 13.2 Å². The number of rotatable bonds is 16. The highest BCUT2D eigenvalue weighted by Crippen LogP contribution is 2.47. The van der Waals surface area contributed by atoms with Crippen molar-refractivity contribution in [1.82, 2.24) is 0 Å². The lowest BCUT2D eigenvalue weighted by Gasteiger charge is -2.32. The van der Waals surface area contributed by atoms with Crippen molar-refractivity contribution in [2.75, 3.05) is 34.0 Å². The summed E-state index contributed by atoms with van der Waals surface area (Å²) in [7, 11) is -4.36. The first-order chi connectivity index (χ1) is 28.5. The lowest BCUT2D eigenvalue weighted by Crippen LogP contribution is -2.43. The average molecular weight is 870 g/mol. The minimum atomic E-state index is -4.36. The zero-order valence-electron chi connectivity index (χ0n) is 32.6. The number of carbonyl (C=O) groups is 2. The number of hydrogen-bond donors (Lipinski definition) is 2. The van der Waals surface area contributed by atoms with Gasteiger partial charge in [-0.1, -0.05) is 96.2 Å². The number of nitrogens with zero attached hydrogens (tertiary/aromatic N) is 3. The van der Waals surface area contributed by atoms with Gasteiger partial charge in [0.25, 0.3) is 5.01 Å². The number of hydrogen-bond acceptors (Lipinski definition) is 9. The first-order valence-electron chi connectivity index (χ1n) is 19.6. The summed E-state index contributed by atoms with van der Waals surface area (Å²) in [6, 6.07) is 29.0. The highest BCUT2D eigenvalue weighted by atomic mass is 35.5. The fourth-order valence-corrected chi connectivity index (χ4v) is 10.3. The molecule has 1 amide bonds. The van der Waals surface area contributed by atoms with E-state index in [0.717, 1.165) is 66.1 Å². The van der Waals surface area contributed by atoms with Gasteiger partial charge in [0.2, 0.25) is 11.4 Å². The van der Waals surface area contributed by atoms with E-state index in [-0.39, 0.29) is 12.3 Å². The van der Waals surface area contributed by atoms with E-state index in [1.807, 2.05) is 77.7 Å². The summed E-state index contributed by atoms with van der Waals surface area (Å²) in [6.45, 7) is 3.64. The van der Waals surface area contributed by atoms with Crippen molar-refractivity contribution < 1.29 is 32.2 Å². The fourth-order valence-electron chi connectivity index (χ4n) is 7.35. The number of aromatic nitrogens is 1. The summed E-state index contributed by atoms with van der Waals surface area (Å²) in [5, 5.41) is 15.4. The first kappa shape index (κ1) is 42.2. The van der Waals surface area contributed by atoms with Crippen LogP contribution in [0.4, 0.5) is 17.1 Å². The van der Waals surface area contributed by atoms with Gasteiger partial charge in [0.15, 0.2) is 6.54 Å². The van der Waals surface area contributed by atoms with Crippen molar-refractivity contribution in [1.29, 1.82) is 0 Å². The molecule has 59 heavy (non-hydrogen) atoms. The maximum atomic E-state index is 13.1. The molecule has 10 nitrogen and oxygen atoms in total. The minimum Gasteiger partial charge on any atom is -0.748 e. The van der Waals surface area contributed by atoms with Crippen LogP contribution in [0.5, 0.6) is 0 Å². The second kappa shape index (κ2) is 19.0. The van der Waals surface area contributed by atoms with Crippen LogP contribution >= 0.6 is 34.7 Å². The molecule has 7 rings (SSSR count). The molecule has 0 fully saturated rings. The molecule has 2 N–H and O–H groups in total. The fraction of sp³-hybridized carbons (Fsp3) is 0.267. The SMILES string of the molecule is CCC(/C=C1\Sc2ccc(Cl)cc2N1CCCCC(=O)Nc1cccc(N2CC=CCC2C(=O)O)c1)=C\c1sc2ccc(-c3ccccc3)cc2[n+]1CCCS(=O)(=O)[O-]. The number of thioether (sulfide) groups is 1. The Morgan fingerprint density at radius 3 is 2.59 bits per heavy atom. The molecule has 1 unspecified atom stereocenters. The van der Waals surface area contributed by atoms with Gasteiger partial charge >= 0.3 is 5.97 Å². The maximum Gasteiger partial charge on any atom is 0.326 e. The molecule has 5 aromatic rings. The van der Waals surface area contributed by atoms with Gasteiger partial charge in [-0.15, -0.1) is 0 Å². The molecule has 3 heterocycles. The largest absolute Gasteiger partial charge is 0.748 e. The number of nitrogens with one attached hydrogen (secondary N) is 1. The standard InChI is InChI=1S/C45H45ClN4O6S3/c1-2-31(27-44-50(24-11-25-59(54,55)56)38-28-33(18-20-40(38)57-44)32-12-4-3-5-13-32)26-43-49(39-29-34(46)19-21-41(39)58-43)23-9-7-17-42(51)47-35-14-10-15-36(30-35)48-22-8-6-16-37(48)45(52)53/h3-6,8,10,12-15,18-21,26-30,37H,2,7,9,11,16-17,22-25H2,1H3,(H2-,47,51,52,53,54,55,56). The first-order valence-corrected chi connectivity index (χ1v) is 23.2. The molecular formula is C45H45ClN4O6S3. The van der Waals surface area contributed by atoms with Gasteiger partial charge in [-0.2, -0.15) is 4.57 Å². The molecule has 14 heteroatoms. The number of thiazole rings is 1. The van der Waals surface area contributed by atoms with E-state index < -0.39 is 27.9 Å². The van der Waals surface area contributed by atoms with Gasteiger partial charge in [0, 0.05) is 65.1 Å². The molecule has 0 saturated carbocycles. The summed E-state index contributed by atoms with van der Waals surface area (Å²) in [6.07, 6.45) is 11.3. The van der Waals surface area contributed by atoms with Crippen LogP contribution in [0.1, 0.15) is 50.5 Å². The summed E-state index contributed by atoms with van der Waals surface area (Å²) < 4.78 is 37.9. The van der Waals surface area contributed by atoms with Crippen LogP contribution in [0.3, 0.4) is 0 Å². The molecule has 2 aliphatic heterocycles. The van der Waals surface area contributed by atoms with Crippen LogP contribution < -0.4 is 19.7 Å². The van der Waals surface area contributed by atoms with E-state index >= 15 is 0 Å². The number of aryl methyl sites for hydroxylation is 1. The summed E-state index contributed by atoms with van der Waals surface area (Å²) in [5.74, 6) is -1.42. The predicted molar refractivity (Wildman–Crippen MR) is 239 cm³/mol. The average Bonchev–Trinajstić information content (AvgIpc) is 3.74. The number of unbranched alkanes of at least 4 members (excludes halogenated alkanes) is 1. The second-order valence-electron chi connectivity index (χ2n) is 14.4. The van der Waals surface area contributed by atoms with Crippen LogP contribution in [-0.4, -0.2) is 54.8 Å². The van der Waals surface area contributed by atoms with Crippen molar-refractivity contribution in [3.05, 3.63) is 130 Å². The van der Waals surface area contributed by atoms with Crippen molar-refractivity contribution in [2.24, 2.45) is 0 Å². The van der Waals surface area contributed by atoms with Gasteiger partial charge in [-0.05, 0) is 90.9 Å². The van der Waals surface area contributed by atoms with Gasteiger partial charge in [0.05, 0.1) is 20.8 Å². The van der Waals surface area contributed by atoms with Crippen molar-refractivity contribution >= 4 is 90.0 Å². The molecule has 0 aliphatic carbocycles. The van der Waals surface area contributed by atoms with Gasteiger partial charge < -0.3 is 24.8 Å². The second-order valence-corrected chi connectivity index (χ2v) is 18.5. The number of allylic oxidation sites excluding steroid dienone is 2. The number of benzene rings is 4. The Kier molecular flexibility index (Phi) is 13.6. The zero-order chi connectivity index (χ0) is 41.5. The number of carboxylic acids is 1. The third-order valence-electron chi connectivity index (χ3n) is 10.3. The lowest BCUT2D eigenvalue weighted by molar-refractivity contribution is -0.668. The van der Waals surface area contributed by atoms with E-state index in [1.165, 1.54) is 0 Å². The Labute approximate surface area is 358 Å². The van der Waals surface area contributed by atoms with Gasteiger partial charge in [-0.3, -0.25) is 4.79 Å². The number of amides is 1. The monoisotopic (exact) mass is 868 g/mol. The quantitative estimate of drug-likeness (QED) is 0.0430. The number of carbonyl (C=O) groups excluding carboxylic acids is 1. The molecule has 0 bridgehead atoms.